The maximum Gasteiger partial charge on any atom is 0.230 e. The van der Waals surface area contributed by atoms with Crippen molar-refractivity contribution < 1.29 is 14.3 Å². The van der Waals surface area contributed by atoms with Crippen LogP contribution in [-0.4, -0.2) is 31.7 Å². The van der Waals surface area contributed by atoms with Gasteiger partial charge in [0.2, 0.25) is 6.04 Å². The lowest BCUT2D eigenvalue weighted by Gasteiger charge is -2.16. The van der Waals surface area contributed by atoms with Crippen LogP contribution >= 0.6 is 0 Å². The van der Waals surface area contributed by atoms with Gasteiger partial charge in [0, 0.05) is 6.42 Å². The standard InChI is InChI=1S/C12H14BNO3/c1-14-10-5-11(15)12(13)9(10)7-16-6-8-3-2-4-17-8/h2-4,9-12,15H,5-7H2. The highest BCUT2D eigenvalue weighted by Gasteiger charge is 2.43. The van der Waals surface area contributed by atoms with Crippen LogP contribution < -0.4 is 0 Å². The van der Waals surface area contributed by atoms with E-state index in [1.54, 1.807) is 12.3 Å². The lowest BCUT2D eigenvalue weighted by atomic mass is 9.77. The van der Waals surface area contributed by atoms with E-state index in [1.807, 2.05) is 6.07 Å². The maximum atomic E-state index is 9.61. The molecule has 1 aliphatic carbocycles. The summed E-state index contributed by atoms with van der Waals surface area (Å²) in [6, 6.07) is 3.39. The third-order valence-corrected chi connectivity index (χ3v) is 3.22. The van der Waals surface area contributed by atoms with Gasteiger partial charge in [0.25, 0.3) is 0 Å². The number of nitrogens with zero attached hydrogens (tertiary/aromatic N) is 1. The van der Waals surface area contributed by atoms with Gasteiger partial charge in [-0.1, -0.05) is 0 Å². The summed E-state index contributed by atoms with van der Waals surface area (Å²) in [7, 11) is 5.85. The van der Waals surface area contributed by atoms with E-state index in [1.165, 1.54) is 0 Å². The Morgan fingerprint density at radius 3 is 3.12 bits per heavy atom. The summed E-state index contributed by atoms with van der Waals surface area (Å²) in [5.74, 6) is 0.277. The van der Waals surface area contributed by atoms with Crippen LogP contribution in [0.5, 0.6) is 0 Å². The Bertz CT molecular complexity index is 387. The largest absolute Gasteiger partial charge is 0.467 e. The highest BCUT2D eigenvalue weighted by Crippen LogP contribution is 2.37. The summed E-state index contributed by atoms with van der Waals surface area (Å²) in [6.45, 7) is 7.82. The topological polar surface area (TPSA) is 47.0 Å². The van der Waals surface area contributed by atoms with Gasteiger partial charge in [0.05, 0.1) is 32.7 Å². The number of aliphatic hydroxyl groups excluding tert-OH is 1. The lowest BCUT2D eigenvalue weighted by Crippen LogP contribution is -2.21. The summed E-state index contributed by atoms with van der Waals surface area (Å²) in [5, 5.41) is 9.61. The third kappa shape index (κ3) is 2.71. The van der Waals surface area contributed by atoms with Gasteiger partial charge in [-0.25, -0.2) is 6.57 Å². The van der Waals surface area contributed by atoms with Crippen molar-refractivity contribution >= 4 is 7.85 Å². The Balaban J connectivity index is 1.83. The predicted molar refractivity (Wildman–Crippen MR) is 62.4 cm³/mol. The zero-order chi connectivity index (χ0) is 12.3. The van der Waals surface area contributed by atoms with E-state index in [9.17, 15) is 5.11 Å². The predicted octanol–water partition coefficient (Wildman–Crippen LogP) is 1.42. The summed E-state index contributed by atoms with van der Waals surface area (Å²) >= 11 is 0. The second kappa shape index (κ2) is 5.39. The van der Waals surface area contributed by atoms with Gasteiger partial charge < -0.3 is 19.1 Å². The molecule has 0 aromatic carbocycles. The molecule has 1 fully saturated rings. The third-order valence-electron chi connectivity index (χ3n) is 3.22. The normalized spacial score (nSPS) is 32.5. The molecule has 1 saturated carbocycles. The van der Waals surface area contributed by atoms with E-state index in [2.05, 4.69) is 4.85 Å². The van der Waals surface area contributed by atoms with Gasteiger partial charge >= 0.3 is 0 Å². The minimum Gasteiger partial charge on any atom is -0.467 e. The van der Waals surface area contributed by atoms with Crippen molar-refractivity contribution in [3.63, 3.8) is 0 Å². The van der Waals surface area contributed by atoms with Crippen molar-refractivity contribution in [2.45, 2.75) is 31.0 Å². The first-order valence-corrected chi connectivity index (χ1v) is 5.62. The summed E-state index contributed by atoms with van der Waals surface area (Å²) in [6.07, 6.45) is 1.44. The van der Waals surface area contributed by atoms with Crippen LogP contribution in [0.4, 0.5) is 0 Å². The molecule has 0 aliphatic heterocycles. The van der Waals surface area contributed by atoms with Crippen molar-refractivity contribution in [1.29, 1.82) is 0 Å². The fourth-order valence-corrected chi connectivity index (χ4v) is 2.18. The van der Waals surface area contributed by atoms with Crippen LogP contribution in [0.3, 0.4) is 0 Å². The Morgan fingerprint density at radius 1 is 1.65 bits per heavy atom. The van der Waals surface area contributed by atoms with E-state index in [4.69, 9.17) is 23.6 Å². The van der Waals surface area contributed by atoms with E-state index in [0.29, 0.717) is 19.6 Å². The summed E-state index contributed by atoms with van der Waals surface area (Å²) < 4.78 is 10.6. The number of ether oxygens (including phenoxy) is 1. The summed E-state index contributed by atoms with van der Waals surface area (Å²) in [4.78, 5) is 3.49. The minimum atomic E-state index is -0.591. The van der Waals surface area contributed by atoms with Crippen LogP contribution in [-0.2, 0) is 11.3 Å². The molecule has 17 heavy (non-hydrogen) atoms. The van der Waals surface area contributed by atoms with Crippen LogP contribution in [0.15, 0.2) is 22.8 Å². The van der Waals surface area contributed by atoms with Crippen LogP contribution in [0, 0.1) is 12.5 Å². The second-order valence-corrected chi connectivity index (χ2v) is 4.34. The Hall–Kier alpha value is -1.25. The molecule has 0 saturated heterocycles. The first kappa shape index (κ1) is 12.2. The highest BCUT2D eigenvalue weighted by atomic mass is 16.5. The van der Waals surface area contributed by atoms with Crippen molar-refractivity contribution in [3.8, 4) is 0 Å². The fourth-order valence-electron chi connectivity index (χ4n) is 2.18. The maximum absolute atomic E-state index is 9.61. The molecule has 1 N–H and O–H groups in total. The monoisotopic (exact) mass is 231 g/mol. The molecule has 4 unspecified atom stereocenters. The van der Waals surface area contributed by atoms with Gasteiger partial charge in [-0.15, -0.1) is 0 Å². The Morgan fingerprint density at radius 2 is 2.47 bits per heavy atom. The van der Waals surface area contributed by atoms with E-state index in [-0.39, 0.29) is 17.8 Å². The van der Waals surface area contributed by atoms with Gasteiger partial charge in [-0.3, -0.25) is 0 Å². The molecule has 1 aliphatic rings. The SMILES string of the molecule is [B]C1C(O)CC([N+]#[C-])C1COCc1ccco1. The van der Waals surface area contributed by atoms with E-state index in [0.717, 1.165) is 5.76 Å². The molecule has 1 heterocycles. The zero-order valence-electron chi connectivity index (χ0n) is 9.45. The molecular weight excluding hydrogens is 217 g/mol. The molecule has 0 spiro atoms. The van der Waals surface area contributed by atoms with Crippen molar-refractivity contribution in [2.75, 3.05) is 6.61 Å². The molecular formula is C12H14BNO3. The van der Waals surface area contributed by atoms with Gasteiger partial charge in [0.1, 0.15) is 12.4 Å². The average molecular weight is 231 g/mol. The summed E-state index contributed by atoms with van der Waals surface area (Å²) in [5.41, 5.74) is 0. The Kier molecular flexibility index (Phi) is 3.87. The second-order valence-electron chi connectivity index (χ2n) is 4.34. The van der Waals surface area contributed by atoms with Gasteiger partial charge in [-0.2, -0.15) is 0 Å². The molecule has 0 amide bonds. The molecule has 1 aromatic rings. The molecule has 2 rings (SSSR count). The Labute approximate surface area is 102 Å². The molecule has 0 bridgehead atoms. The molecule has 88 valence electrons. The first-order chi connectivity index (χ1) is 8.22. The quantitative estimate of drug-likeness (QED) is 0.629. The van der Waals surface area contributed by atoms with Crippen molar-refractivity contribution in [1.82, 2.24) is 0 Å². The van der Waals surface area contributed by atoms with Crippen molar-refractivity contribution in [3.05, 3.63) is 35.6 Å². The first-order valence-electron chi connectivity index (χ1n) is 5.62. The molecule has 4 atom stereocenters. The number of aliphatic hydroxyl groups is 1. The highest BCUT2D eigenvalue weighted by molar-refractivity contribution is 6.12. The zero-order valence-corrected chi connectivity index (χ0v) is 9.45. The smallest absolute Gasteiger partial charge is 0.230 e. The number of hydrogen-bond acceptors (Lipinski definition) is 3. The number of furan rings is 1. The van der Waals surface area contributed by atoms with E-state index < -0.39 is 6.10 Å². The van der Waals surface area contributed by atoms with E-state index >= 15 is 0 Å². The van der Waals surface area contributed by atoms with Crippen LogP contribution in [0.25, 0.3) is 4.85 Å². The number of rotatable bonds is 4. The molecule has 5 heteroatoms. The molecule has 1 aromatic heterocycles. The van der Waals surface area contributed by atoms with Crippen LogP contribution in [0.2, 0.25) is 5.82 Å². The fraction of sp³-hybridized carbons (Fsp3) is 0.583. The molecule has 2 radical (unpaired) electrons. The van der Waals surface area contributed by atoms with Gasteiger partial charge in [0.15, 0.2) is 0 Å². The molecule has 4 nitrogen and oxygen atoms in total. The number of hydrogen-bond donors (Lipinski definition) is 1. The van der Waals surface area contributed by atoms with Crippen molar-refractivity contribution in [2.24, 2.45) is 5.92 Å². The lowest BCUT2D eigenvalue weighted by molar-refractivity contribution is 0.0710. The minimum absolute atomic E-state index is 0.0996. The van der Waals surface area contributed by atoms with Crippen LogP contribution in [0.1, 0.15) is 12.2 Å². The van der Waals surface area contributed by atoms with Gasteiger partial charge in [-0.05, 0) is 17.9 Å². The average Bonchev–Trinajstić information content (AvgIpc) is 2.92.